The van der Waals surface area contributed by atoms with Crippen LogP contribution in [0.2, 0.25) is 0 Å². The fourth-order valence-corrected chi connectivity index (χ4v) is 8.47. The van der Waals surface area contributed by atoms with Crippen molar-refractivity contribution in [1.82, 2.24) is 15.0 Å². The minimum Gasteiger partial charge on any atom is -0.828 e. The number of hydrogen-bond donors (Lipinski definition) is 1. The van der Waals surface area contributed by atoms with E-state index in [1.807, 2.05) is 0 Å². The minimum atomic E-state index is -1.43. The molecule has 10 rings (SSSR count). The molecule has 0 spiro atoms. The molecule has 3 aliphatic heterocycles. The molecule has 1 unspecified atom stereocenters. The summed E-state index contributed by atoms with van der Waals surface area (Å²) < 4.78 is 49.0. The molecule has 2 saturated heterocycles. The van der Waals surface area contributed by atoms with E-state index in [2.05, 4.69) is 10.4 Å². The van der Waals surface area contributed by atoms with Crippen LogP contribution in [0.4, 0.5) is 0 Å². The molecule has 0 aliphatic carbocycles. The normalized spacial score (nSPS) is 21.0. The lowest BCUT2D eigenvalue weighted by Crippen LogP contribution is -2.53. The Morgan fingerprint density at radius 3 is 1.35 bits per heavy atom. The van der Waals surface area contributed by atoms with Gasteiger partial charge in [-0.2, -0.15) is 0 Å². The van der Waals surface area contributed by atoms with E-state index >= 15 is 0 Å². The van der Waals surface area contributed by atoms with Crippen LogP contribution in [-0.2, 0) is 44.9 Å². The molecule has 0 radical (unpaired) electrons. The SMILES string of the molecule is Cn1cnc2c1C([O-])N[N+]([C@@H]1O[C@H](COC(=O)c3ccccc3)[C@@H](OC(=O)c3ccccc3)[C@H]1OC(=O)c1ccccc1)=C2.O=C(OC[C@H]1OC[C@H](OC(=O)c2ccccc2)[C@@H]1OC(=O)c1ccccc1)c1ccccc1. The number of benzene rings is 6. The van der Waals surface area contributed by atoms with Crippen molar-refractivity contribution in [3.63, 3.8) is 0 Å². The monoisotopic (exact) mass is 1040 g/mol. The van der Waals surface area contributed by atoms with Crippen molar-refractivity contribution in [1.29, 1.82) is 0 Å². The summed E-state index contributed by atoms with van der Waals surface area (Å²) in [6, 6.07) is 50.4. The Kier molecular flexibility index (Phi) is 16.9. The van der Waals surface area contributed by atoms with Gasteiger partial charge in [0.15, 0.2) is 24.0 Å². The minimum absolute atomic E-state index is 0.00113. The van der Waals surface area contributed by atoms with Crippen LogP contribution < -0.4 is 10.5 Å². The molecule has 77 heavy (non-hydrogen) atoms. The molecule has 0 bridgehead atoms. The Balaban J connectivity index is 0.000000196. The summed E-state index contributed by atoms with van der Waals surface area (Å²) in [5.41, 5.74) is 5.51. The Hall–Kier alpha value is -9.30. The number of aryl methyl sites for hydroxylation is 1. The third kappa shape index (κ3) is 13.0. The Bertz CT molecular complexity index is 3180. The van der Waals surface area contributed by atoms with Crippen molar-refractivity contribution in [2.75, 3.05) is 19.8 Å². The number of aromatic nitrogens is 2. The van der Waals surface area contributed by atoms with E-state index in [1.54, 1.807) is 200 Å². The van der Waals surface area contributed by atoms with Crippen LogP contribution in [0.3, 0.4) is 0 Å². The first-order chi connectivity index (χ1) is 37.5. The van der Waals surface area contributed by atoms with Crippen LogP contribution in [-0.4, -0.2) is 119 Å². The third-order valence-electron chi connectivity index (χ3n) is 12.4. The third-order valence-corrected chi connectivity index (χ3v) is 12.4. The van der Waals surface area contributed by atoms with Gasteiger partial charge in [-0.15, -0.1) is 0 Å². The quantitative estimate of drug-likeness (QED) is 0.0764. The topological polar surface area (TPSA) is 232 Å². The van der Waals surface area contributed by atoms with Crippen molar-refractivity contribution in [3.05, 3.63) is 233 Å². The second-order valence-electron chi connectivity index (χ2n) is 17.6. The second-order valence-corrected chi connectivity index (χ2v) is 17.6. The Morgan fingerprint density at radius 2 is 0.909 bits per heavy atom. The average Bonchev–Trinajstić information content (AvgIpc) is 4.17. The summed E-state index contributed by atoms with van der Waals surface area (Å²) in [6.45, 7) is -0.515. The van der Waals surface area contributed by atoms with E-state index in [0.29, 0.717) is 33.6 Å². The molecule has 3 aliphatic rings. The second kappa shape index (κ2) is 24.8. The van der Waals surface area contributed by atoms with Crippen molar-refractivity contribution < 1.29 is 76.5 Å². The van der Waals surface area contributed by atoms with Crippen molar-refractivity contribution in [2.45, 2.75) is 49.1 Å². The van der Waals surface area contributed by atoms with E-state index in [9.17, 15) is 33.9 Å². The molecule has 4 heterocycles. The zero-order valence-corrected chi connectivity index (χ0v) is 41.2. The number of ether oxygens (including phenoxy) is 8. The number of carbonyl (C=O) groups excluding carboxylic acids is 6. The Labute approximate surface area is 441 Å². The maximum Gasteiger partial charge on any atom is 0.338 e. The van der Waals surface area contributed by atoms with Gasteiger partial charge in [0.2, 0.25) is 12.3 Å². The number of hydrazine groups is 1. The molecular weight excluding hydrogens is 993 g/mol. The highest BCUT2D eigenvalue weighted by atomic mass is 16.7. The van der Waals surface area contributed by atoms with E-state index in [-0.39, 0.29) is 30.9 Å². The number of hydrazone groups is 1. The van der Waals surface area contributed by atoms with Gasteiger partial charge in [0, 0.05) is 13.3 Å². The molecule has 1 aromatic heterocycles. The number of esters is 6. The average molecular weight is 1040 g/mol. The predicted molar refractivity (Wildman–Crippen MR) is 269 cm³/mol. The van der Waals surface area contributed by atoms with Crippen LogP contribution in [0.15, 0.2) is 188 Å². The molecule has 392 valence electrons. The fraction of sp³-hybridized carbons (Fsp3) is 0.207. The molecule has 1 N–H and O–H groups in total. The van der Waals surface area contributed by atoms with Crippen molar-refractivity contribution >= 4 is 42.0 Å². The summed E-state index contributed by atoms with van der Waals surface area (Å²) >= 11 is 0. The summed E-state index contributed by atoms with van der Waals surface area (Å²) in [7, 11) is 1.70. The Morgan fingerprint density at radius 1 is 0.532 bits per heavy atom. The maximum absolute atomic E-state index is 13.3. The van der Waals surface area contributed by atoms with E-state index in [0.717, 1.165) is 0 Å². The van der Waals surface area contributed by atoms with Crippen LogP contribution >= 0.6 is 0 Å². The first-order valence-corrected chi connectivity index (χ1v) is 24.3. The smallest absolute Gasteiger partial charge is 0.338 e. The summed E-state index contributed by atoms with van der Waals surface area (Å²) in [5.74, 6) is -3.72. The van der Waals surface area contributed by atoms with Gasteiger partial charge >= 0.3 is 42.0 Å². The van der Waals surface area contributed by atoms with E-state index < -0.39 is 84.9 Å². The van der Waals surface area contributed by atoms with Crippen LogP contribution in [0.1, 0.15) is 79.8 Å². The molecule has 0 amide bonds. The molecule has 8 atom stereocenters. The summed E-state index contributed by atoms with van der Waals surface area (Å²) in [6.07, 6.45) is -5.74. The number of imidazole rings is 1. The van der Waals surface area contributed by atoms with Crippen molar-refractivity contribution in [3.8, 4) is 0 Å². The molecular formula is C58H50N4O15. The molecule has 19 heteroatoms. The largest absolute Gasteiger partial charge is 0.828 e. The van der Waals surface area contributed by atoms with Gasteiger partial charge in [0.05, 0.1) is 52.0 Å². The van der Waals surface area contributed by atoms with Gasteiger partial charge in [-0.3, -0.25) is 0 Å². The van der Waals surface area contributed by atoms with Gasteiger partial charge in [-0.25, -0.2) is 39.2 Å². The van der Waals surface area contributed by atoms with E-state index in [1.165, 1.54) is 11.0 Å². The highest BCUT2D eigenvalue weighted by Crippen LogP contribution is 2.31. The molecule has 0 saturated carbocycles. The van der Waals surface area contributed by atoms with Crippen LogP contribution in [0.5, 0.6) is 0 Å². The number of hydrogen-bond acceptors (Lipinski definition) is 17. The molecule has 2 fully saturated rings. The maximum atomic E-state index is 13.3. The van der Waals surface area contributed by atoms with Gasteiger partial charge in [-0.05, 0) is 72.8 Å². The van der Waals surface area contributed by atoms with Crippen LogP contribution in [0, 0.1) is 0 Å². The van der Waals surface area contributed by atoms with Gasteiger partial charge in [-0.1, -0.05) is 114 Å². The molecule has 7 aromatic rings. The molecule has 19 nitrogen and oxygen atoms in total. The van der Waals surface area contributed by atoms with Gasteiger partial charge < -0.3 is 47.6 Å². The number of carbonyl (C=O) groups is 6. The fourth-order valence-electron chi connectivity index (χ4n) is 8.47. The standard InChI is InChI=1S/C32H28N4O8.C26H22O7/c1-35-19-33-23-17-36(34-28(37)25(23)35)29-27(44-32(40)22-15-9-4-10-16-22)26(43-31(39)21-13-7-3-8-14-21)24(42-29)18-41-30(38)20-11-5-2-6-12-20;27-24(18-10-4-1-5-11-18)31-16-21-23(33-26(29)20-14-8-3-9-15-20)22(17-30-21)32-25(28)19-12-6-2-7-13-19/h2-17,19,24,26-29,34H,18H2,1H3;1-15,21-23H,16-17H2/t24-,26-,27-,28?,29-;21-,22+,23-/m11/s1. The molecule has 6 aromatic carbocycles. The lowest BCUT2D eigenvalue weighted by molar-refractivity contribution is -0.700. The zero-order valence-electron chi connectivity index (χ0n) is 41.2. The zero-order chi connectivity index (χ0) is 53.7. The van der Waals surface area contributed by atoms with Gasteiger partial charge in [0.25, 0.3) is 0 Å². The number of nitrogens with zero attached hydrogens (tertiary/aromatic N) is 3. The van der Waals surface area contributed by atoms with Crippen LogP contribution in [0.25, 0.3) is 0 Å². The summed E-state index contributed by atoms with van der Waals surface area (Å²) in [4.78, 5) is 81.3. The first-order valence-electron chi connectivity index (χ1n) is 24.3. The predicted octanol–water partition coefficient (Wildman–Crippen LogP) is 5.46. The van der Waals surface area contributed by atoms with Crippen molar-refractivity contribution in [2.24, 2.45) is 7.05 Å². The lowest BCUT2D eigenvalue weighted by Gasteiger charge is -2.29. The first kappa shape index (κ1) is 52.6. The number of fused-ring (bicyclic) bond motifs is 1. The van der Waals surface area contributed by atoms with Gasteiger partial charge in [0.1, 0.15) is 25.4 Å². The summed E-state index contributed by atoms with van der Waals surface area (Å²) in [5, 5.41) is 13.1. The highest BCUT2D eigenvalue weighted by molar-refractivity contribution is 5.92. The number of nitrogens with one attached hydrogen (secondary N) is 1. The highest BCUT2D eigenvalue weighted by Gasteiger charge is 2.57. The lowest BCUT2D eigenvalue weighted by atomic mass is 10.1. The van der Waals surface area contributed by atoms with E-state index in [4.69, 9.17) is 37.9 Å². The number of rotatable bonds is 15.